The monoisotopic (exact) mass is 667 g/mol. The number of ketones is 2. The van der Waals surface area contributed by atoms with Crippen LogP contribution in [0.15, 0.2) is 60.2 Å². The van der Waals surface area contributed by atoms with E-state index < -0.39 is 55.1 Å². The first-order chi connectivity index (χ1) is 22.2. The molecular formula is C35H42NO10P. The lowest BCUT2D eigenvalue weighted by atomic mass is 9.46. The van der Waals surface area contributed by atoms with Gasteiger partial charge in [-0.2, -0.15) is 0 Å². The normalized spacial score (nSPS) is 37.6. The smallest absolute Gasteiger partial charge is 0.393 e. The van der Waals surface area contributed by atoms with Crippen LogP contribution in [0.2, 0.25) is 0 Å². The predicted molar refractivity (Wildman–Crippen MR) is 168 cm³/mol. The maximum Gasteiger partial charge on any atom is 0.470 e. The van der Waals surface area contributed by atoms with Crippen molar-refractivity contribution in [3.63, 3.8) is 0 Å². The molecule has 252 valence electrons. The summed E-state index contributed by atoms with van der Waals surface area (Å²) >= 11 is 0. The zero-order valence-corrected chi connectivity index (χ0v) is 27.6. The summed E-state index contributed by atoms with van der Waals surface area (Å²) in [6.45, 7) is 3.13. The highest BCUT2D eigenvalue weighted by Crippen LogP contribution is 2.70. The zero-order valence-electron chi connectivity index (χ0n) is 26.7. The van der Waals surface area contributed by atoms with E-state index in [4.69, 9.17) is 14.0 Å². The summed E-state index contributed by atoms with van der Waals surface area (Å²) in [4.78, 5) is 45.5. The number of hydrogen-bond acceptors (Lipinski definition) is 8. The third kappa shape index (κ3) is 5.09. The Labute approximate surface area is 273 Å². The van der Waals surface area contributed by atoms with Crippen molar-refractivity contribution in [2.24, 2.45) is 35.6 Å². The van der Waals surface area contributed by atoms with E-state index in [1.165, 1.54) is 0 Å². The van der Waals surface area contributed by atoms with Crippen molar-refractivity contribution in [1.29, 1.82) is 0 Å². The zero-order chi connectivity index (χ0) is 33.5. The number of carbonyl (C=O) groups is 2. The molecule has 7 rings (SSSR count). The summed E-state index contributed by atoms with van der Waals surface area (Å²) < 4.78 is 31.8. The number of fused-ring (bicyclic) bond motifs is 7. The Morgan fingerprint density at radius 2 is 1.85 bits per heavy atom. The van der Waals surface area contributed by atoms with E-state index in [0.717, 1.165) is 28.8 Å². The van der Waals surface area contributed by atoms with Crippen LogP contribution >= 0.6 is 7.82 Å². The Balaban J connectivity index is 1.22. The van der Waals surface area contributed by atoms with Crippen molar-refractivity contribution in [3.05, 3.63) is 82.7 Å². The van der Waals surface area contributed by atoms with Crippen molar-refractivity contribution in [3.8, 4) is 0 Å². The van der Waals surface area contributed by atoms with Gasteiger partial charge in [0.25, 0.3) is 0 Å². The van der Waals surface area contributed by atoms with Crippen LogP contribution in [0.3, 0.4) is 0 Å². The molecule has 1 aromatic carbocycles. The summed E-state index contributed by atoms with van der Waals surface area (Å²) in [6.07, 6.45) is 5.40. The predicted octanol–water partition coefficient (Wildman–Crippen LogP) is 3.83. The highest BCUT2D eigenvalue weighted by Gasteiger charge is 2.76. The maximum absolute atomic E-state index is 14.3. The van der Waals surface area contributed by atoms with Gasteiger partial charge in [0.2, 0.25) is 6.29 Å². The van der Waals surface area contributed by atoms with Crippen LogP contribution in [0.5, 0.6) is 0 Å². The fourth-order valence-electron chi connectivity index (χ4n) is 9.91. The van der Waals surface area contributed by atoms with Gasteiger partial charge in [0, 0.05) is 35.9 Å². The molecule has 4 fully saturated rings. The first-order valence-corrected chi connectivity index (χ1v) is 17.8. The second-order valence-electron chi connectivity index (χ2n) is 14.4. The molecule has 2 heterocycles. The molecule has 1 aromatic heterocycles. The molecule has 0 unspecified atom stereocenters. The van der Waals surface area contributed by atoms with E-state index in [0.29, 0.717) is 25.0 Å². The average molecular weight is 668 g/mol. The molecular weight excluding hydrogens is 625 g/mol. The number of ether oxygens (including phenoxy) is 2. The van der Waals surface area contributed by atoms with E-state index in [2.05, 4.69) is 6.92 Å². The van der Waals surface area contributed by atoms with E-state index >= 15 is 0 Å². The van der Waals surface area contributed by atoms with Crippen molar-refractivity contribution in [2.75, 3.05) is 6.61 Å². The maximum atomic E-state index is 14.3. The highest BCUT2D eigenvalue weighted by molar-refractivity contribution is 7.46. The minimum Gasteiger partial charge on any atom is -0.393 e. The number of hydrogen-bond donors (Lipinski definition) is 4. The molecule has 11 nitrogen and oxygen atoms in total. The minimum absolute atomic E-state index is 0.00811. The fourth-order valence-corrected chi connectivity index (χ4v) is 10.2. The highest BCUT2D eigenvalue weighted by atomic mass is 31.2. The van der Waals surface area contributed by atoms with Gasteiger partial charge in [0.15, 0.2) is 17.2 Å². The molecule has 1 saturated heterocycles. The van der Waals surface area contributed by atoms with Gasteiger partial charge >= 0.3 is 7.82 Å². The van der Waals surface area contributed by atoms with Gasteiger partial charge in [-0.05, 0) is 72.9 Å². The quantitative estimate of drug-likeness (QED) is 0.304. The summed E-state index contributed by atoms with van der Waals surface area (Å²) in [5, 5.41) is 21.3. The third-order valence-corrected chi connectivity index (χ3v) is 12.6. The van der Waals surface area contributed by atoms with Crippen LogP contribution in [-0.2, 0) is 48.2 Å². The van der Waals surface area contributed by atoms with Crippen LogP contribution in [0.1, 0.15) is 68.3 Å². The molecule has 9 atom stereocenters. The number of phosphoric ester groups is 1. The molecule has 1 aliphatic heterocycles. The van der Waals surface area contributed by atoms with Crippen LogP contribution in [0, 0.1) is 28.6 Å². The Bertz CT molecular complexity index is 1710. The second kappa shape index (κ2) is 11.4. The first kappa shape index (κ1) is 32.8. The molecule has 12 heteroatoms. The number of Topliss-reactive ketones (excluding diaryl/α,β-unsaturated/α-hetero) is 1. The summed E-state index contributed by atoms with van der Waals surface area (Å²) in [7, 11) is -3.07. The topological polar surface area (TPSA) is 165 Å². The largest absolute Gasteiger partial charge is 0.470 e. The van der Waals surface area contributed by atoms with Gasteiger partial charge in [0.05, 0.1) is 24.5 Å². The van der Waals surface area contributed by atoms with Gasteiger partial charge in [-0.1, -0.05) is 49.8 Å². The average Bonchev–Trinajstić information content (AvgIpc) is 3.65. The SMILES string of the molecule is Cn1c(Cc2ccc(CO)cc2)ccc1[C@@H]1O[C@@H]2C[C@H]3[C@@H]4CCC5=CC(=O)C=C[C@]5(C)[C@H]4[C@@H](O)C[C@]3(C)[C@]2(C(=O)COP(=O)(O)O)O1. The first-order valence-electron chi connectivity index (χ1n) is 16.2. The van der Waals surface area contributed by atoms with E-state index in [9.17, 15) is 34.2 Å². The third-order valence-electron chi connectivity index (χ3n) is 12.1. The summed E-state index contributed by atoms with van der Waals surface area (Å²) in [5.41, 5.74) is 1.51. The molecule has 0 bridgehead atoms. The Hall–Kier alpha value is -2.73. The number of rotatable bonds is 8. The Morgan fingerprint density at radius 1 is 1.13 bits per heavy atom. The van der Waals surface area contributed by atoms with Crippen molar-refractivity contribution < 1.29 is 48.2 Å². The lowest BCUT2D eigenvalue weighted by molar-refractivity contribution is -0.201. The van der Waals surface area contributed by atoms with Crippen LogP contribution < -0.4 is 0 Å². The molecule has 4 aliphatic carbocycles. The van der Waals surface area contributed by atoms with Crippen LogP contribution in [0.4, 0.5) is 0 Å². The number of nitrogens with zero attached hydrogens (tertiary/aromatic N) is 1. The Morgan fingerprint density at radius 3 is 2.55 bits per heavy atom. The van der Waals surface area contributed by atoms with Crippen molar-refractivity contribution in [1.82, 2.24) is 4.57 Å². The van der Waals surface area contributed by atoms with Crippen molar-refractivity contribution >= 4 is 19.4 Å². The molecule has 3 saturated carbocycles. The summed E-state index contributed by atoms with van der Waals surface area (Å²) in [6, 6.07) is 11.6. The number of phosphoric acid groups is 1. The van der Waals surface area contributed by atoms with Gasteiger partial charge in [0.1, 0.15) is 6.61 Å². The van der Waals surface area contributed by atoms with Gasteiger partial charge < -0.3 is 34.0 Å². The van der Waals surface area contributed by atoms with E-state index in [1.54, 1.807) is 12.2 Å². The molecule has 47 heavy (non-hydrogen) atoms. The number of allylic oxidation sites excluding steroid dienone is 4. The summed E-state index contributed by atoms with van der Waals surface area (Å²) in [5.74, 6) is -0.956. The van der Waals surface area contributed by atoms with Crippen LogP contribution in [0.25, 0.3) is 0 Å². The molecule has 0 radical (unpaired) electrons. The lowest BCUT2D eigenvalue weighted by Gasteiger charge is -2.59. The molecule has 4 N–H and O–H groups in total. The number of aliphatic hydroxyl groups is 2. The Kier molecular flexibility index (Phi) is 7.97. The number of carbonyl (C=O) groups excluding carboxylic acids is 2. The fraction of sp³-hybridized carbons (Fsp3) is 0.543. The molecule has 0 amide bonds. The van der Waals surface area contributed by atoms with Gasteiger partial charge in [-0.3, -0.25) is 14.1 Å². The number of aliphatic hydroxyl groups excluding tert-OH is 2. The van der Waals surface area contributed by atoms with Crippen molar-refractivity contribution in [2.45, 2.75) is 76.7 Å². The molecule has 2 aromatic rings. The number of aromatic nitrogens is 1. The van der Waals surface area contributed by atoms with Gasteiger partial charge in [-0.15, -0.1) is 0 Å². The lowest BCUT2D eigenvalue weighted by Crippen LogP contribution is -2.63. The van der Waals surface area contributed by atoms with Crippen LogP contribution in [-0.4, -0.2) is 60.5 Å². The molecule has 5 aliphatic rings. The van der Waals surface area contributed by atoms with E-state index in [1.807, 2.05) is 61.0 Å². The second-order valence-corrected chi connectivity index (χ2v) is 15.6. The van der Waals surface area contributed by atoms with Gasteiger partial charge in [-0.25, -0.2) is 4.57 Å². The minimum atomic E-state index is -4.97. The molecule has 0 spiro atoms. The number of benzene rings is 1. The van der Waals surface area contributed by atoms with E-state index in [-0.39, 0.29) is 36.6 Å². The standard InChI is InChI=1S/C35H42NO10P/c1-33-13-12-24(38)15-22(33)8-10-25-26-16-30-35(29(40)19-44-47(41,42)43,34(26,2)17-28(39)31(25)33)46-32(45-30)27-11-9-23(36(27)3)14-20-4-6-21(18-37)7-5-20/h4-7,9,11-13,15,25-26,28,30-32,37,39H,8,10,14,16-19H2,1-3H3,(H2,41,42,43)/t25-,26-,28-,30+,31+,32+,33-,34-,35+/m0/s1.